The molecule has 0 aliphatic carbocycles. The van der Waals surface area contributed by atoms with Crippen molar-refractivity contribution >= 4 is 35.0 Å². The highest BCUT2D eigenvalue weighted by Gasteiger charge is 2.29. The van der Waals surface area contributed by atoms with E-state index >= 15 is 0 Å². The van der Waals surface area contributed by atoms with Crippen molar-refractivity contribution in [1.82, 2.24) is 10.2 Å². The average Bonchev–Trinajstić information content (AvgIpc) is 2.65. The second kappa shape index (κ2) is 10.8. The van der Waals surface area contributed by atoms with Crippen molar-refractivity contribution in [3.8, 4) is 0 Å². The van der Waals surface area contributed by atoms with Crippen molar-refractivity contribution in [3.05, 3.63) is 68.7 Å². The zero-order valence-electron chi connectivity index (χ0n) is 18.3. The Labute approximate surface area is 189 Å². The number of rotatable bonds is 8. The molecular formula is C24H30Cl2N2O2. The van der Waals surface area contributed by atoms with Gasteiger partial charge in [-0.1, -0.05) is 60.0 Å². The average molecular weight is 449 g/mol. The number of amides is 2. The van der Waals surface area contributed by atoms with Crippen LogP contribution in [0.4, 0.5) is 0 Å². The summed E-state index contributed by atoms with van der Waals surface area (Å²) < 4.78 is 0. The van der Waals surface area contributed by atoms with Crippen LogP contribution in [0.5, 0.6) is 0 Å². The topological polar surface area (TPSA) is 49.4 Å². The van der Waals surface area contributed by atoms with Gasteiger partial charge in [-0.05, 0) is 62.9 Å². The molecule has 1 atom stereocenters. The van der Waals surface area contributed by atoms with E-state index in [9.17, 15) is 9.59 Å². The van der Waals surface area contributed by atoms with Crippen LogP contribution in [0.3, 0.4) is 0 Å². The van der Waals surface area contributed by atoms with E-state index in [1.165, 1.54) is 0 Å². The van der Waals surface area contributed by atoms with Crippen LogP contribution < -0.4 is 5.32 Å². The SMILES string of the molecule is CC[C@@H](C(=O)NC(C)C)N(Cc1ccc(Cl)cc1Cl)C(=O)Cc1cc(C)ccc1C. The predicted molar refractivity (Wildman–Crippen MR) is 124 cm³/mol. The molecule has 0 saturated heterocycles. The normalized spacial score (nSPS) is 12.0. The number of hydrogen-bond acceptors (Lipinski definition) is 2. The van der Waals surface area contributed by atoms with Crippen molar-refractivity contribution in [2.75, 3.05) is 0 Å². The van der Waals surface area contributed by atoms with E-state index < -0.39 is 6.04 Å². The summed E-state index contributed by atoms with van der Waals surface area (Å²) in [6.07, 6.45) is 0.729. The molecule has 0 aromatic heterocycles. The number of hydrogen-bond donors (Lipinski definition) is 1. The Hall–Kier alpha value is -2.04. The monoisotopic (exact) mass is 448 g/mol. The zero-order valence-corrected chi connectivity index (χ0v) is 19.8. The third kappa shape index (κ3) is 6.48. The van der Waals surface area contributed by atoms with Gasteiger partial charge in [0.2, 0.25) is 11.8 Å². The Morgan fingerprint density at radius 3 is 2.33 bits per heavy atom. The summed E-state index contributed by atoms with van der Waals surface area (Å²) >= 11 is 12.4. The third-order valence-electron chi connectivity index (χ3n) is 5.02. The molecule has 30 heavy (non-hydrogen) atoms. The van der Waals surface area contributed by atoms with Crippen molar-refractivity contribution in [2.24, 2.45) is 0 Å². The van der Waals surface area contributed by atoms with Crippen LogP contribution in [0, 0.1) is 13.8 Å². The Balaban J connectivity index is 2.38. The van der Waals surface area contributed by atoms with Crippen LogP contribution in [0.1, 0.15) is 49.4 Å². The number of nitrogens with one attached hydrogen (secondary N) is 1. The van der Waals surface area contributed by atoms with Gasteiger partial charge in [0.1, 0.15) is 6.04 Å². The minimum Gasteiger partial charge on any atom is -0.352 e. The van der Waals surface area contributed by atoms with Gasteiger partial charge >= 0.3 is 0 Å². The van der Waals surface area contributed by atoms with Gasteiger partial charge in [0.15, 0.2) is 0 Å². The van der Waals surface area contributed by atoms with E-state index in [-0.39, 0.29) is 30.8 Å². The molecule has 0 spiro atoms. The Morgan fingerprint density at radius 2 is 1.73 bits per heavy atom. The van der Waals surface area contributed by atoms with Gasteiger partial charge in [-0.2, -0.15) is 0 Å². The first kappa shape index (κ1) is 24.2. The molecule has 0 radical (unpaired) electrons. The first-order valence-corrected chi connectivity index (χ1v) is 11.0. The number of aryl methyl sites for hydroxylation is 2. The minimum absolute atomic E-state index is 0.0124. The fraction of sp³-hybridized carbons (Fsp3) is 0.417. The summed E-state index contributed by atoms with van der Waals surface area (Å²) in [5.74, 6) is -0.271. The standard InChI is InChI=1S/C24H30Cl2N2O2/c1-6-22(24(30)27-15(2)3)28(14-18-9-10-20(25)13-21(18)26)23(29)12-19-11-16(4)7-8-17(19)5/h7-11,13,15,22H,6,12,14H2,1-5H3,(H,27,30)/t22-/m0/s1. The van der Waals surface area contributed by atoms with E-state index in [1.807, 2.05) is 52.8 Å². The largest absolute Gasteiger partial charge is 0.352 e. The Kier molecular flexibility index (Phi) is 8.75. The number of halogens is 2. The van der Waals surface area contributed by atoms with E-state index in [0.29, 0.717) is 16.5 Å². The van der Waals surface area contributed by atoms with Crippen molar-refractivity contribution < 1.29 is 9.59 Å². The molecule has 1 N–H and O–H groups in total. The summed E-state index contributed by atoms with van der Waals surface area (Å²) in [6.45, 7) is 9.96. The van der Waals surface area contributed by atoms with E-state index in [2.05, 4.69) is 5.32 Å². The quantitative estimate of drug-likeness (QED) is 0.580. The maximum atomic E-state index is 13.4. The van der Waals surface area contributed by atoms with E-state index in [0.717, 1.165) is 22.3 Å². The third-order valence-corrected chi connectivity index (χ3v) is 5.61. The molecule has 162 valence electrons. The lowest BCUT2D eigenvalue weighted by Gasteiger charge is -2.31. The van der Waals surface area contributed by atoms with Crippen LogP contribution in [0.2, 0.25) is 10.0 Å². The molecule has 0 aliphatic heterocycles. The number of carbonyl (C=O) groups excluding carboxylic acids is 2. The molecular weight excluding hydrogens is 419 g/mol. The van der Waals surface area contributed by atoms with Crippen LogP contribution in [-0.2, 0) is 22.6 Å². The molecule has 6 heteroatoms. The summed E-state index contributed by atoms with van der Waals surface area (Å²) in [6, 6.07) is 10.7. The summed E-state index contributed by atoms with van der Waals surface area (Å²) in [7, 11) is 0. The highest BCUT2D eigenvalue weighted by Crippen LogP contribution is 2.24. The van der Waals surface area contributed by atoms with Crippen molar-refractivity contribution in [3.63, 3.8) is 0 Å². The molecule has 0 fully saturated rings. The maximum absolute atomic E-state index is 13.4. The van der Waals surface area contributed by atoms with Gasteiger partial charge in [-0.15, -0.1) is 0 Å². The van der Waals surface area contributed by atoms with Gasteiger partial charge in [0.05, 0.1) is 6.42 Å². The molecule has 0 bridgehead atoms. The molecule has 2 aromatic rings. The summed E-state index contributed by atoms with van der Waals surface area (Å²) in [4.78, 5) is 27.9. The molecule has 0 saturated carbocycles. The molecule has 2 rings (SSSR count). The Morgan fingerprint density at radius 1 is 1.03 bits per heavy atom. The number of nitrogens with zero attached hydrogens (tertiary/aromatic N) is 1. The first-order chi connectivity index (χ1) is 14.1. The highest BCUT2D eigenvalue weighted by molar-refractivity contribution is 6.35. The lowest BCUT2D eigenvalue weighted by Crippen LogP contribution is -2.50. The second-order valence-electron chi connectivity index (χ2n) is 7.95. The lowest BCUT2D eigenvalue weighted by molar-refractivity contribution is -0.141. The van der Waals surface area contributed by atoms with Crippen LogP contribution in [0.25, 0.3) is 0 Å². The predicted octanol–water partition coefficient (Wildman–Crippen LogP) is 5.48. The number of carbonyl (C=O) groups is 2. The van der Waals surface area contributed by atoms with Crippen LogP contribution >= 0.6 is 23.2 Å². The minimum atomic E-state index is -0.586. The molecule has 0 unspecified atom stereocenters. The van der Waals surface area contributed by atoms with Crippen LogP contribution in [-0.4, -0.2) is 28.8 Å². The van der Waals surface area contributed by atoms with E-state index in [4.69, 9.17) is 23.2 Å². The van der Waals surface area contributed by atoms with Gasteiger partial charge in [0.25, 0.3) is 0 Å². The lowest BCUT2D eigenvalue weighted by atomic mass is 10.0. The van der Waals surface area contributed by atoms with Crippen molar-refractivity contribution in [1.29, 1.82) is 0 Å². The molecule has 0 heterocycles. The zero-order chi connectivity index (χ0) is 22.4. The fourth-order valence-electron chi connectivity index (χ4n) is 3.39. The fourth-order valence-corrected chi connectivity index (χ4v) is 3.86. The molecule has 2 amide bonds. The van der Waals surface area contributed by atoms with Gasteiger partial charge in [-0.25, -0.2) is 0 Å². The van der Waals surface area contributed by atoms with Gasteiger partial charge in [-0.3, -0.25) is 9.59 Å². The molecule has 2 aromatic carbocycles. The summed E-state index contributed by atoms with van der Waals surface area (Å²) in [5, 5.41) is 3.94. The second-order valence-corrected chi connectivity index (χ2v) is 8.80. The molecule has 0 aliphatic rings. The Bertz CT molecular complexity index is 912. The number of benzene rings is 2. The van der Waals surface area contributed by atoms with Gasteiger partial charge < -0.3 is 10.2 Å². The van der Waals surface area contributed by atoms with E-state index in [1.54, 1.807) is 23.1 Å². The highest BCUT2D eigenvalue weighted by atomic mass is 35.5. The maximum Gasteiger partial charge on any atom is 0.243 e. The summed E-state index contributed by atoms with van der Waals surface area (Å²) in [5.41, 5.74) is 3.87. The van der Waals surface area contributed by atoms with Gasteiger partial charge in [0, 0.05) is 22.6 Å². The first-order valence-electron chi connectivity index (χ1n) is 10.2. The van der Waals surface area contributed by atoms with Crippen LogP contribution in [0.15, 0.2) is 36.4 Å². The van der Waals surface area contributed by atoms with Crippen molar-refractivity contribution in [2.45, 2.75) is 66.1 Å². The smallest absolute Gasteiger partial charge is 0.243 e. The molecule has 4 nitrogen and oxygen atoms in total.